The van der Waals surface area contributed by atoms with Crippen LogP contribution in [0.5, 0.6) is 0 Å². The van der Waals surface area contributed by atoms with Crippen molar-refractivity contribution < 1.29 is 24.0 Å². The van der Waals surface area contributed by atoms with Crippen LogP contribution in [0, 0.1) is 10.1 Å². The molecule has 26 heavy (non-hydrogen) atoms. The molecule has 0 aliphatic heterocycles. The quantitative estimate of drug-likeness (QED) is 0.161. The third kappa shape index (κ3) is 7.52. The van der Waals surface area contributed by atoms with E-state index in [4.69, 9.17) is 9.47 Å². The van der Waals surface area contributed by atoms with Crippen molar-refractivity contribution >= 4 is 34.1 Å². The molecular weight excluding hydrogens is 358 g/mol. The second-order valence-corrected chi connectivity index (χ2v) is 6.14. The molecule has 1 rings (SSSR count). The topological polar surface area (TPSA) is 95.7 Å². The van der Waals surface area contributed by atoms with Gasteiger partial charge in [0.2, 0.25) is 0 Å². The second-order valence-electron chi connectivity index (χ2n) is 4.99. The molecule has 0 aliphatic rings. The number of carbonyl (C=O) groups is 2. The number of non-ortho nitro benzene ring substituents is 1. The molecular formula is C18H21NO6S. The first-order valence-electron chi connectivity index (χ1n) is 7.97. The van der Waals surface area contributed by atoms with Gasteiger partial charge in [0, 0.05) is 24.8 Å². The molecule has 0 fully saturated rings. The fraction of sp³-hybridized carbons (Fsp3) is 0.333. The summed E-state index contributed by atoms with van der Waals surface area (Å²) in [5.41, 5.74) is 1.36. The largest absolute Gasteiger partial charge is 0.494 e. The van der Waals surface area contributed by atoms with E-state index in [0.29, 0.717) is 29.3 Å². The zero-order chi connectivity index (χ0) is 19.5. The van der Waals surface area contributed by atoms with Crippen LogP contribution in [-0.4, -0.2) is 35.0 Å². The number of allylic oxidation sites excluding steroid dienone is 1. The van der Waals surface area contributed by atoms with E-state index in [1.54, 1.807) is 32.1 Å². The van der Waals surface area contributed by atoms with E-state index in [1.165, 1.54) is 25.1 Å². The summed E-state index contributed by atoms with van der Waals surface area (Å²) < 4.78 is 10.3. The maximum Gasteiger partial charge on any atom is 0.334 e. The summed E-state index contributed by atoms with van der Waals surface area (Å²) in [6.07, 6.45) is 2.87. The molecule has 7 nitrogen and oxygen atoms in total. The Morgan fingerprint density at radius 1 is 1.12 bits per heavy atom. The maximum atomic E-state index is 11.7. The average Bonchev–Trinajstić information content (AvgIpc) is 2.58. The van der Waals surface area contributed by atoms with Crippen molar-refractivity contribution in [1.29, 1.82) is 0 Å². The van der Waals surface area contributed by atoms with Gasteiger partial charge in [0.25, 0.3) is 5.69 Å². The molecule has 0 aliphatic carbocycles. The number of nitro benzene ring substituents is 1. The van der Waals surface area contributed by atoms with Gasteiger partial charge in [-0.1, -0.05) is 11.8 Å². The van der Waals surface area contributed by atoms with Gasteiger partial charge in [-0.3, -0.25) is 14.9 Å². The van der Waals surface area contributed by atoms with Gasteiger partial charge in [0.1, 0.15) is 5.76 Å². The normalized spacial score (nSPS) is 11.8. The first-order chi connectivity index (χ1) is 12.4. The van der Waals surface area contributed by atoms with Crippen LogP contribution in [0.25, 0.3) is 5.57 Å². The molecule has 0 amide bonds. The lowest BCUT2D eigenvalue weighted by molar-refractivity contribution is -0.384. The summed E-state index contributed by atoms with van der Waals surface area (Å²) >= 11 is 1.09. The number of hydrogen-bond acceptors (Lipinski definition) is 7. The number of thioether (sulfide) groups is 1. The van der Waals surface area contributed by atoms with Crippen molar-refractivity contribution in [3.63, 3.8) is 0 Å². The molecule has 0 bridgehead atoms. The molecule has 0 atom stereocenters. The monoisotopic (exact) mass is 379 g/mol. The van der Waals surface area contributed by atoms with Crippen molar-refractivity contribution in [2.45, 2.75) is 20.8 Å². The van der Waals surface area contributed by atoms with Crippen LogP contribution >= 0.6 is 11.8 Å². The summed E-state index contributed by atoms with van der Waals surface area (Å²) in [6, 6.07) is 5.96. The van der Waals surface area contributed by atoms with Crippen molar-refractivity contribution in [1.82, 2.24) is 0 Å². The van der Waals surface area contributed by atoms with E-state index in [9.17, 15) is 19.7 Å². The number of ether oxygens (including phenoxy) is 2. The molecule has 1 aromatic carbocycles. The molecule has 0 saturated heterocycles. The Bertz CT molecular complexity index is 709. The van der Waals surface area contributed by atoms with E-state index in [2.05, 4.69) is 0 Å². The Morgan fingerprint density at radius 3 is 2.23 bits per heavy atom. The lowest BCUT2D eigenvalue weighted by Gasteiger charge is -2.10. The van der Waals surface area contributed by atoms with Crippen LogP contribution in [0.2, 0.25) is 0 Å². The van der Waals surface area contributed by atoms with Crippen LogP contribution in [0.4, 0.5) is 5.69 Å². The number of benzene rings is 1. The third-order valence-electron chi connectivity index (χ3n) is 3.05. The Hall–Kier alpha value is -2.61. The van der Waals surface area contributed by atoms with Gasteiger partial charge in [0.05, 0.1) is 24.2 Å². The molecule has 0 N–H and O–H groups in total. The molecule has 0 aromatic heterocycles. The summed E-state index contributed by atoms with van der Waals surface area (Å²) in [7, 11) is 0. The summed E-state index contributed by atoms with van der Waals surface area (Å²) in [5.74, 6) is 0.0957. The highest BCUT2D eigenvalue weighted by molar-refractivity contribution is 8.13. The fourth-order valence-corrected chi connectivity index (χ4v) is 2.56. The van der Waals surface area contributed by atoms with Gasteiger partial charge in [-0.15, -0.1) is 0 Å². The van der Waals surface area contributed by atoms with Gasteiger partial charge in [-0.25, -0.2) is 4.79 Å². The van der Waals surface area contributed by atoms with Crippen molar-refractivity contribution in [3.8, 4) is 0 Å². The highest BCUT2D eigenvalue weighted by Gasteiger charge is 2.10. The van der Waals surface area contributed by atoms with Crippen LogP contribution < -0.4 is 0 Å². The van der Waals surface area contributed by atoms with E-state index < -0.39 is 10.9 Å². The SMILES string of the molecule is CCOC(=O)/C=C(\C=C(\CSC(C)=O)c1ccc([N+](=O)[O-])cc1)OCC. The van der Waals surface area contributed by atoms with Crippen LogP contribution in [-0.2, 0) is 19.1 Å². The number of carbonyl (C=O) groups excluding carboxylic acids is 2. The second kappa shape index (κ2) is 11.1. The Morgan fingerprint density at radius 2 is 1.73 bits per heavy atom. The van der Waals surface area contributed by atoms with E-state index in [1.807, 2.05) is 0 Å². The van der Waals surface area contributed by atoms with Gasteiger partial charge in [-0.05, 0) is 43.2 Å². The molecule has 140 valence electrons. The lowest BCUT2D eigenvalue weighted by atomic mass is 10.1. The minimum absolute atomic E-state index is 0.0283. The number of hydrogen-bond donors (Lipinski definition) is 0. The summed E-state index contributed by atoms with van der Waals surface area (Å²) in [4.78, 5) is 33.3. The first-order valence-corrected chi connectivity index (χ1v) is 8.95. The molecule has 0 radical (unpaired) electrons. The molecule has 0 unspecified atom stereocenters. The molecule has 0 saturated carbocycles. The molecule has 1 aromatic rings. The molecule has 0 heterocycles. The van der Waals surface area contributed by atoms with Crippen molar-refractivity contribution in [3.05, 3.63) is 57.9 Å². The number of nitro groups is 1. The standard InChI is InChI=1S/C18H21NO6S/c1-4-24-17(11-18(21)25-5-2)10-15(12-26-13(3)20)14-6-8-16(9-7-14)19(22)23/h6-11H,4-5,12H2,1-3H3/b15-10-,17-11+. The Balaban J connectivity index is 3.23. The van der Waals surface area contributed by atoms with E-state index >= 15 is 0 Å². The van der Waals surface area contributed by atoms with Crippen molar-refractivity contribution in [2.75, 3.05) is 19.0 Å². The number of esters is 1. The first kappa shape index (κ1) is 21.4. The Kier molecular flexibility index (Phi) is 9.14. The van der Waals surface area contributed by atoms with Gasteiger partial charge >= 0.3 is 5.97 Å². The lowest BCUT2D eigenvalue weighted by Crippen LogP contribution is -2.03. The van der Waals surface area contributed by atoms with Crippen LogP contribution in [0.15, 0.2) is 42.2 Å². The van der Waals surface area contributed by atoms with Gasteiger partial charge < -0.3 is 9.47 Å². The zero-order valence-corrected chi connectivity index (χ0v) is 15.7. The smallest absolute Gasteiger partial charge is 0.334 e. The highest BCUT2D eigenvalue weighted by atomic mass is 32.2. The third-order valence-corrected chi connectivity index (χ3v) is 3.92. The number of rotatable bonds is 9. The van der Waals surface area contributed by atoms with Crippen LogP contribution in [0.1, 0.15) is 26.3 Å². The van der Waals surface area contributed by atoms with Gasteiger partial charge in [-0.2, -0.15) is 0 Å². The summed E-state index contributed by atoms with van der Waals surface area (Å²) in [6.45, 7) is 5.52. The predicted octanol–water partition coefficient (Wildman–Crippen LogP) is 3.74. The fourth-order valence-electron chi connectivity index (χ4n) is 1.95. The molecule has 8 heteroatoms. The Labute approximate surface area is 156 Å². The maximum absolute atomic E-state index is 11.7. The minimum atomic E-state index is -0.533. The van der Waals surface area contributed by atoms with Crippen LogP contribution in [0.3, 0.4) is 0 Å². The van der Waals surface area contributed by atoms with E-state index in [0.717, 1.165) is 11.8 Å². The average molecular weight is 379 g/mol. The predicted molar refractivity (Wildman–Crippen MR) is 101 cm³/mol. The van der Waals surface area contributed by atoms with Gasteiger partial charge in [0.15, 0.2) is 5.12 Å². The van der Waals surface area contributed by atoms with Crippen molar-refractivity contribution in [2.24, 2.45) is 0 Å². The summed E-state index contributed by atoms with van der Waals surface area (Å²) in [5, 5.41) is 10.7. The number of nitrogens with zero attached hydrogens (tertiary/aromatic N) is 1. The zero-order valence-electron chi connectivity index (χ0n) is 14.9. The molecule has 0 spiro atoms. The minimum Gasteiger partial charge on any atom is -0.494 e. The highest BCUT2D eigenvalue weighted by Crippen LogP contribution is 2.24. The van der Waals surface area contributed by atoms with E-state index in [-0.39, 0.29) is 17.4 Å².